The standard InChI is InChI=1S/C18H26N2O4/c1-18(2,17(22)23-3)13-4-6-14(7-5-13)20-16(21)15(19)12-8-10-24-11-9-12/h4-7,12,15H,8-11,19H2,1-3H3,(H,20,21). The second-order valence-electron chi connectivity index (χ2n) is 6.66. The molecule has 0 spiro atoms. The Hall–Kier alpha value is -1.92. The molecule has 1 saturated heterocycles. The van der Waals surface area contributed by atoms with Gasteiger partial charge in [0, 0.05) is 18.9 Å². The fourth-order valence-corrected chi connectivity index (χ4v) is 2.86. The lowest BCUT2D eigenvalue weighted by molar-refractivity contribution is -0.146. The quantitative estimate of drug-likeness (QED) is 0.802. The van der Waals surface area contributed by atoms with Crippen molar-refractivity contribution in [1.29, 1.82) is 0 Å². The predicted octanol–water partition coefficient (Wildman–Crippen LogP) is 1.83. The van der Waals surface area contributed by atoms with E-state index < -0.39 is 11.5 Å². The van der Waals surface area contributed by atoms with Crippen LogP contribution in [0.3, 0.4) is 0 Å². The number of esters is 1. The van der Waals surface area contributed by atoms with Gasteiger partial charge in [0.2, 0.25) is 5.91 Å². The van der Waals surface area contributed by atoms with Gasteiger partial charge in [0.1, 0.15) is 0 Å². The molecule has 6 nitrogen and oxygen atoms in total. The lowest BCUT2D eigenvalue weighted by atomic mass is 9.84. The van der Waals surface area contributed by atoms with E-state index in [0.717, 1.165) is 18.4 Å². The molecule has 1 heterocycles. The molecule has 132 valence electrons. The topological polar surface area (TPSA) is 90.7 Å². The van der Waals surface area contributed by atoms with Crippen molar-refractivity contribution in [3.8, 4) is 0 Å². The lowest BCUT2D eigenvalue weighted by Crippen LogP contribution is -2.44. The molecule has 1 atom stereocenters. The fourth-order valence-electron chi connectivity index (χ4n) is 2.86. The molecule has 24 heavy (non-hydrogen) atoms. The highest BCUT2D eigenvalue weighted by Gasteiger charge is 2.31. The molecule has 1 unspecified atom stereocenters. The van der Waals surface area contributed by atoms with Crippen molar-refractivity contribution in [1.82, 2.24) is 0 Å². The van der Waals surface area contributed by atoms with Crippen LogP contribution in [0.25, 0.3) is 0 Å². The van der Waals surface area contributed by atoms with E-state index in [2.05, 4.69) is 5.32 Å². The molecule has 0 aliphatic carbocycles. The molecule has 3 N–H and O–H groups in total. The van der Waals surface area contributed by atoms with Crippen LogP contribution in [0.5, 0.6) is 0 Å². The van der Waals surface area contributed by atoms with Crippen LogP contribution in [0.4, 0.5) is 5.69 Å². The van der Waals surface area contributed by atoms with Crippen molar-refractivity contribution < 1.29 is 19.1 Å². The molecule has 0 radical (unpaired) electrons. The third kappa shape index (κ3) is 4.13. The van der Waals surface area contributed by atoms with E-state index in [-0.39, 0.29) is 17.8 Å². The monoisotopic (exact) mass is 334 g/mol. The van der Waals surface area contributed by atoms with E-state index in [0.29, 0.717) is 18.9 Å². The summed E-state index contributed by atoms with van der Waals surface area (Å²) in [6.07, 6.45) is 1.61. The Kier molecular flexibility index (Phi) is 5.96. The van der Waals surface area contributed by atoms with Crippen LogP contribution in [0.1, 0.15) is 32.3 Å². The first kappa shape index (κ1) is 18.4. The van der Waals surface area contributed by atoms with E-state index in [1.165, 1.54) is 7.11 Å². The van der Waals surface area contributed by atoms with Gasteiger partial charge in [0.15, 0.2) is 0 Å². The highest BCUT2D eigenvalue weighted by Crippen LogP contribution is 2.26. The third-order valence-electron chi connectivity index (χ3n) is 4.65. The summed E-state index contributed by atoms with van der Waals surface area (Å²) in [4.78, 5) is 24.1. The van der Waals surface area contributed by atoms with Crippen LogP contribution >= 0.6 is 0 Å². The van der Waals surface area contributed by atoms with E-state index in [9.17, 15) is 9.59 Å². The zero-order chi connectivity index (χ0) is 17.7. The van der Waals surface area contributed by atoms with Crippen molar-refractivity contribution in [2.24, 2.45) is 11.7 Å². The molecular formula is C18H26N2O4. The summed E-state index contributed by atoms with van der Waals surface area (Å²) < 4.78 is 10.1. The molecule has 1 aromatic rings. The summed E-state index contributed by atoms with van der Waals surface area (Å²) in [5.41, 5.74) is 6.81. The molecule has 1 aromatic carbocycles. The smallest absolute Gasteiger partial charge is 0.315 e. The van der Waals surface area contributed by atoms with E-state index >= 15 is 0 Å². The Bertz CT molecular complexity index is 577. The van der Waals surface area contributed by atoms with Crippen molar-refractivity contribution in [3.63, 3.8) is 0 Å². The number of nitrogens with one attached hydrogen (secondary N) is 1. The molecular weight excluding hydrogens is 308 g/mol. The highest BCUT2D eigenvalue weighted by atomic mass is 16.5. The first-order valence-electron chi connectivity index (χ1n) is 8.19. The van der Waals surface area contributed by atoms with Crippen LogP contribution in [0, 0.1) is 5.92 Å². The first-order chi connectivity index (χ1) is 11.4. The first-order valence-corrected chi connectivity index (χ1v) is 8.19. The number of hydrogen-bond donors (Lipinski definition) is 2. The summed E-state index contributed by atoms with van der Waals surface area (Å²) in [7, 11) is 1.37. The Balaban J connectivity index is 2.00. The number of ether oxygens (including phenoxy) is 2. The summed E-state index contributed by atoms with van der Waals surface area (Å²) in [6, 6.07) is 6.63. The maximum Gasteiger partial charge on any atom is 0.315 e. The molecule has 0 saturated carbocycles. The highest BCUT2D eigenvalue weighted by molar-refractivity contribution is 5.95. The number of benzene rings is 1. The summed E-state index contributed by atoms with van der Waals surface area (Å²) >= 11 is 0. The van der Waals surface area contributed by atoms with Crippen LogP contribution in [-0.4, -0.2) is 38.2 Å². The number of hydrogen-bond acceptors (Lipinski definition) is 5. The van der Waals surface area contributed by atoms with Crippen molar-refractivity contribution in [2.45, 2.75) is 38.1 Å². The summed E-state index contributed by atoms with van der Waals surface area (Å²) in [5, 5.41) is 2.84. The molecule has 1 amide bonds. The Morgan fingerprint density at radius 2 is 1.83 bits per heavy atom. The predicted molar refractivity (Wildman–Crippen MR) is 91.6 cm³/mol. The molecule has 2 rings (SSSR count). The van der Waals surface area contributed by atoms with E-state index in [4.69, 9.17) is 15.2 Å². The lowest BCUT2D eigenvalue weighted by Gasteiger charge is -2.27. The minimum absolute atomic E-state index is 0.149. The maximum atomic E-state index is 12.3. The number of nitrogens with two attached hydrogens (primary N) is 1. The average molecular weight is 334 g/mol. The van der Waals surface area contributed by atoms with Gasteiger partial charge in [-0.25, -0.2) is 0 Å². The fraction of sp³-hybridized carbons (Fsp3) is 0.556. The van der Waals surface area contributed by atoms with Gasteiger partial charge in [-0.05, 0) is 50.3 Å². The molecule has 1 aliphatic heterocycles. The van der Waals surface area contributed by atoms with Crippen molar-refractivity contribution in [3.05, 3.63) is 29.8 Å². The van der Waals surface area contributed by atoms with Crippen molar-refractivity contribution >= 4 is 17.6 Å². The third-order valence-corrected chi connectivity index (χ3v) is 4.65. The van der Waals surface area contributed by atoms with E-state index in [1.807, 2.05) is 12.1 Å². The molecule has 1 aliphatic rings. The second kappa shape index (κ2) is 7.77. The number of amides is 1. The SMILES string of the molecule is COC(=O)C(C)(C)c1ccc(NC(=O)C(N)C2CCOCC2)cc1. The Morgan fingerprint density at radius 3 is 2.38 bits per heavy atom. The number of methoxy groups -OCH3 is 1. The normalized spacial score (nSPS) is 17.2. The van der Waals surface area contributed by atoms with Gasteiger partial charge in [-0.2, -0.15) is 0 Å². The van der Waals surface area contributed by atoms with Gasteiger partial charge >= 0.3 is 5.97 Å². The number of carbonyl (C=O) groups excluding carboxylic acids is 2. The van der Waals surface area contributed by atoms with Gasteiger partial charge < -0.3 is 20.5 Å². The summed E-state index contributed by atoms with van der Waals surface area (Å²) in [6.45, 7) is 4.91. The maximum absolute atomic E-state index is 12.3. The molecule has 1 fully saturated rings. The largest absolute Gasteiger partial charge is 0.468 e. The van der Waals surface area contributed by atoms with Crippen LogP contribution in [0.15, 0.2) is 24.3 Å². The molecule has 0 bridgehead atoms. The zero-order valence-corrected chi connectivity index (χ0v) is 14.5. The van der Waals surface area contributed by atoms with Crippen LogP contribution in [0.2, 0.25) is 0 Å². The Labute approximate surface area is 142 Å². The van der Waals surface area contributed by atoms with Gasteiger partial charge in [0.05, 0.1) is 18.6 Å². The van der Waals surface area contributed by atoms with E-state index in [1.54, 1.807) is 26.0 Å². The minimum Gasteiger partial charge on any atom is -0.468 e. The van der Waals surface area contributed by atoms with Gasteiger partial charge in [0.25, 0.3) is 0 Å². The van der Waals surface area contributed by atoms with Crippen LogP contribution < -0.4 is 11.1 Å². The second-order valence-corrected chi connectivity index (χ2v) is 6.66. The van der Waals surface area contributed by atoms with Crippen LogP contribution in [-0.2, 0) is 24.5 Å². The molecule has 0 aromatic heterocycles. The minimum atomic E-state index is -0.740. The number of anilines is 1. The van der Waals surface area contributed by atoms with Gasteiger partial charge in [-0.3, -0.25) is 9.59 Å². The number of rotatable bonds is 5. The average Bonchev–Trinajstić information content (AvgIpc) is 2.61. The number of carbonyl (C=O) groups is 2. The van der Waals surface area contributed by atoms with Crippen molar-refractivity contribution in [2.75, 3.05) is 25.6 Å². The molecule has 6 heteroatoms. The van der Waals surface area contributed by atoms with Gasteiger partial charge in [-0.15, -0.1) is 0 Å². The zero-order valence-electron chi connectivity index (χ0n) is 14.5. The van der Waals surface area contributed by atoms with Gasteiger partial charge in [-0.1, -0.05) is 12.1 Å². The summed E-state index contributed by atoms with van der Waals surface area (Å²) in [5.74, 6) is -0.348. The Morgan fingerprint density at radius 1 is 1.25 bits per heavy atom.